The summed E-state index contributed by atoms with van der Waals surface area (Å²) >= 11 is 0. The smallest absolute Gasteiger partial charge is 0.422 e. The molecule has 0 atom stereocenters. The highest BCUT2D eigenvalue weighted by molar-refractivity contribution is 5.66. The van der Waals surface area contributed by atoms with Crippen molar-refractivity contribution in [3.8, 4) is 0 Å². The van der Waals surface area contributed by atoms with Gasteiger partial charge in [0.15, 0.2) is 0 Å². The predicted octanol–water partition coefficient (Wildman–Crippen LogP) is 0.797. The van der Waals surface area contributed by atoms with E-state index in [-0.39, 0.29) is 5.54 Å². The van der Waals surface area contributed by atoms with Crippen molar-refractivity contribution in [2.75, 3.05) is 6.54 Å². The average Bonchev–Trinajstić information content (AvgIpc) is 2.31. The third kappa shape index (κ3) is 0.822. The maximum atomic E-state index is 10.6. The van der Waals surface area contributed by atoms with Gasteiger partial charge < -0.3 is 5.11 Å². The highest BCUT2D eigenvalue weighted by atomic mass is 16.4. The molecule has 0 bridgehead atoms. The zero-order chi connectivity index (χ0) is 7.90. The normalized spacial score (nSPS) is 27.1. The van der Waals surface area contributed by atoms with Gasteiger partial charge >= 0.3 is 6.09 Å². The lowest BCUT2D eigenvalue weighted by atomic mass is 9.93. The summed E-state index contributed by atoms with van der Waals surface area (Å²) in [6.45, 7) is 0.847. The van der Waals surface area contributed by atoms with Crippen molar-refractivity contribution < 1.29 is 9.90 Å². The Morgan fingerprint density at radius 1 is 1.45 bits per heavy atom. The number of carbonyl (C=O) groups is 1. The van der Waals surface area contributed by atoms with Crippen LogP contribution in [0.25, 0.3) is 0 Å². The van der Waals surface area contributed by atoms with Gasteiger partial charge in [-0.05, 0) is 12.8 Å². The maximum absolute atomic E-state index is 10.6. The van der Waals surface area contributed by atoms with Crippen molar-refractivity contribution in [2.45, 2.75) is 31.2 Å². The minimum atomic E-state index is -0.835. The van der Waals surface area contributed by atoms with Crippen LogP contribution in [0.15, 0.2) is 0 Å². The standard InChI is InChI=1S/C7H12N2O2/c10-6(11)9-7(5-8-9)3-1-2-4-7/h8H,1-5H2,(H,10,11). The SMILES string of the molecule is O=C(O)N1NCC12CCCC2. The number of hydrogen-bond donors (Lipinski definition) is 2. The highest BCUT2D eigenvalue weighted by Crippen LogP contribution is 2.38. The molecule has 1 aliphatic heterocycles. The molecule has 0 radical (unpaired) electrons. The largest absolute Gasteiger partial charge is 0.464 e. The van der Waals surface area contributed by atoms with Crippen LogP contribution in [-0.4, -0.2) is 28.3 Å². The van der Waals surface area contributed by atoms with Crippen LogP contribution >= 0.6 is 0 Å². The van der Waals surface area contributed by atoms with Crippen LogP contribution in [0.5, 0.6) is 0 Å². The van der Waals surface area contributed by atoms with Crippen LogP contribution in [0.1, 0.15) is 25.7 Å². The molecular weight excluding hydrogens is 144 g/mol. The minimum Gasteiger partial charge on any atom is -0.464 e. The molecule has 4 heteroatoms. The highest BCUT2D eigenvalue weighted by Gasteiger charge is 2.49. The summed E-state index contributed by atoms with van der Waals surface area (Å²) in [5.41, 5.74) is 2.79. The first-order valence-electron chi connectivity index (χ1n) is 4.01. The zero-order valence-electron chi connectivity index (χ0n) is 6.34. The summed E-state index contributed by atoms with van der Waals surface area (Å²) in [5.74, 6) is 0. The van der Waals surface area contributed by atoms with Gasteiger partial charge in [-0.15, -0.1) is 0 Å². The number of nitrogens with zero attached hydrogens (tertiary/aromatic N) is 1. The van der Waals surface area contributed by atoms with Crippen molar-refractivity contribution >= 4 is 6.09 Å². The van der Waals surface area contributed by atoms with Gasteiger partial charge in [0.2, 0.25) is 0 Å². The van der Waals surface area contributed by atoms with Gasteiger partial charge in [-0.2, -0.15) is 0 Å². The van der Waals surface area contributed by atoms with Crippen LogP contribution in [-0.2, 0) is 0 Å². The summed E-state index contributed by atoms with van der Waals surface area (Å²) in [5, 5.41) is 10.1. The van der Waals surface area contributed by atoms with Gasteiger partial charge in [0.05, 0.1) is 5.54 Å². The lowest BCUT2D eigenvalue weighted by Gasteiger charge is -2.49. The lowest BCUT2D eigenvalue weighted by Crippen LogP contribution is -2.72. The second-order valence-corrected chi connectivity index (χ2v) is 3.38. The Labute approximate surface area is 65.2 Å². The predicted molar refractivity (Wildman–Crippen MR) is 39.1 cm³/mol. The van der Waals surface area contributed by atoms with Gasteiger partial charge in [0, 0.05) is 6.54 Å². The Kier molecular flexibility index (Phi) is 1.32. The molecule has 2 rings (SSSR count). The summed E-state index contributed by atoms with van der Waals surface area (Å²) in [6, 6.07) is 0. The van der Waals surface area contributed by atoms with E-state index < -0.39 is 6.09 Å². The Morgan fingerprint density at radius 3 is 2.45 bits per heavy atom. The van der Waals surface area contributed by atoms with Gasteiger partial charge in [0.25, 0.3) is 0 Å². The topological polar surface area (TPSA) is 52.6 Å². The molecular formula is C7H12N2O2. The van der Waals surface area contributed by atoms with Gasteiger partial charge in [-0.25, -0.2) is 15.2 Å². The second-order valence-electron chi connectivity index (χ2n) is 3.38. The molecule has 2 N–H and O–H groups in total. The third-order valence-corrected chi connectivity index (χ3v) is 2.77. The van der Waals surface area contributed by atoms with Crippen molar-refractivity contribution in [3.63, 3.8) is 0 Å². The number of rotatable bonds is 0. The van der Waals surface area contributed by atoms with Gasteiger partial charge in [0.1, 0.15) is 0 Å². The molecule has 0 aromatic heterocycles. The van der Waals surface area contributed by atoms with Gasteiger partial charge in [-0.3, -0.25) is 0 Å². The maximum Gasteiger partial charge on any atom is 0.422 e. The molecule has 11 heavy (non-hydrogen) atoms. The fraction of sp³-hybridized carbons (Fsp3) is 0.857. The minimum absolute atomic E-state index is 0.0220. The molecule has 1 heterocycles. The first kappa shape index (κ1) is 6.91. The van der Waals surface area contributed by atoms with E-state index in [0.29, 0.717) is 0 Å². The number of hydrogen-bond acceptors (Lipinski definition) is 2. The first-order valence-corrected chi connectivity index (χ1v) is 4.01. The summed E-state index contributed by atoms with van der Waals surface area (Å²) in [4.78, 5) is 10.6. The Bertz CT molecular complexity index is 187. The quantitative estimate of drug-likeness (QED) is 0.545. The van der Waals surface area contributed by atoms with Crippen LogP contribution < -0.4 is 5.43 Å². The zero-order valence-corrected chi connectivity index (χ0v) is 6.34. The fourth-order valence-corrected chi connectivity index (χ4v) is 2.09. The van der Waals surface area contributed by atoms with Crippen molar-refractivity contribution in [1.82, 2.24) is 10.4 Å². The lowest BCUT2D eigenvalue weighted by molar-refractivity contribution is -0.0392. The van der Waals surface area contributed by atoms with E-state index >= 15 is 0 Å². The monoisotopic (exact) mass is 156 g/mol. The van der Waals surface area contributed by atoms with Crippen LogP contribution in [0, 0.1) is 0 Å². The van der Waals surface area contributed by atoms with E-state index in [9.17, 15) is 4.79 Å². The van der Waals surface area contributed by atoms with E-state index in [1.807, 2.05) is 0 Å². The summed E-state index contributed by atoms with van der Waals surface area (Å²) < 4.78 is 0. The molecule has 1 saturated heterocycles. The Morgan fingerprint density at radius 2 is 2.09 bits per heavy atom. The molecule has 1 spiro atoms. The molecule has 1 aliphatic carbocycles. The van der Waals surface area contributed by atoms with Crippen LogP contribution in [0.3, 0.4) is 0 Å². The van der Waals surface area contributed by atoms with Crippen LogP contribution in [0.2, 0.25) is 0 Å². The molecule has 1 saturated carbocycles. The van der Waals surface area contributed by atoms with E-state index in [1.54, 1.807) is 0 Å². The molecule has 1 amide bonds. The molecule has 62 valence electrons. The van der Waals surface area contributed by atoms with E-state index in [4.69, 9.17) is 5.11 Å². The Hall–Kier alpha value is -0.770. The number of nitrogens with one attached hydrogen (secondary N) is 1. The fourth-order valence-electron chi connectivity index (χ4n) is 2.09. The molecule has 0 unspecified atom stereocenters. The summed E-state index contributed by atoms with van der Waals surface area (Å²) in [6.07, 6.45) is 3.58. The third-order valence-electron chi connectivity index (χ3n) is 2.77. The van der Waals surface area contributed by atoms with E-state index in [0.717, 1.165) is 19.4 Å². The average molecular weight is 156 g/mol. The van der Waals surface area contributed by atoms with E-state index in [1.165, 1.54) is 17.9 Å². The number of amides is 1. The summed E-state index contributed by atoms with van der Waals surface area (Å²) in [7, 11) is 0. The molecule has 2 fully saturated rings. The molecule has 2 aliphatic rings. The number of hydrazine groups is 1. The van der Waals surface area contributed by atoms with Crippen molar-refractivity contribution in [1.29, 1.82) is 0 Å². The molecule has 0 aromatic rings. The Balaban J connectivity index is 2.09. The molecule has 0 aromatic carbocycles. The van der Waals surface area contributed by atoms with Crippen LogP contribution in [0.4, 0.5) is 4.79 Å². The van der Waals surface area contributed by atoms with Gasteiger partial charge in [-0.1, -0.05) is 12.8 Å². The van der Waals surface area contributed by atoms with Crippen molar-refractivity contribution in [3.05, 3.63) is 0 Å². The second kappa shape index (κ2) is 2.11. The van der Waals surface area contributed by atoms with E-state index in [2.05, 4.69) is 5.43 Å². The molecule has 4 nitrogen and oxygen atoms in total. The first-order chi connectivity index (χ1) is 5.25. The number of carboxylic acid groups (broad SMARTS) is 1. The van der Waals surface area contributed by atoms with Crippen molar-refractivity contribution in [2.24, 2.45) is 0 Å².